The normalized spacial score (nSPS) is 11.8. The smallest absolute Gasteiger partial charge is 0.246 e. The number of nitrogens with zero attached hydrogens (tertiary/aromatic N) is 3. The van der Waals surface area contributed by atoms with Crippen molar-refractivity contribution in [2.45, 2.75) is 19.4 Å². The van der Waals surface area contributed by atoms with Gasteiger partial charge in [-0.3, -0.25) is 4.98 Å². The van der Waals surface area contributed by atoms with Gasteiger partial charge in [-0.2, -0.15) is 4.98 Å². The third-order valence-electron chi connectivity index (χ3n) is 2.00. The maximum atomic E-state index is 5.87. The van der Waals surface area contributed by atoms with Crippen molar-refractivity contribution in [2.75, 3.05) is 0 Å². The van der Waals surface area contributed by atoms with Crippen LogP contribution in [-0.2, 0) is 5.54 Å². The topological polar surface area (TPSA) is 77.8 Å². The van der Waals surface area contributed by atoms with E-state index < -0.39 is 5.54 Å². The largest absolute Gasteiger partial charge is 0.337 e. The second kappa shape index (κ2) is 4.47. The molecule has 0 radical (unpaired) electrons. The minimum Gasteiger partial charge on any atom is -0.337 e. The SMILES string of the molecule is CC(C)(N)c1nc(-c2ncc(Br)cc2Br)no1. The number of hydrogen-bond acceptors (Lipinski definition) is 5. The number of halogens is 2. The fourth-order valence-electron chi connectivity index (χ4n) is 1.16. The van der Waals surface area contributed by atoms with Crippen LogP contribution in [0.25, 0.3) is 11.5 Å². The van der Waals surface area contributed by atoms with Gasteiger partial charge in [-0.25, -0.2) is 0 Å². The highest BCUT2D eigenvalue weighted by Gasteiger charge is 2.23. The molecule has 0 saturated heterocycles. The Bertz CT molecular complexity index is 547. The maximum absolute atomic E-state index is 5.87. The Balaban J connectivity index is 2.44. The van der Waals surface area contributed by atoms with Crippen LogP contribution in [0.2, 0.25) is 0 Å². The number of pyridine rings is 1. The molecule has 2 aromatic heterocycles. The molecule has 0 aliphatic rings. The van der Waals surface area contributed by atoms with Gasteiger partial charge in [-0.05, 0) is 51.8 Å². The molecule has 0 atom stereocenters. The van der Waals surface area contributed by atoms with E-state index in [1.54, 1.807) is 20.0 Å². The zero-order valence-corrected chi connectivity index (χ0v) is 12.4. The van der Waals surface area contributed by atoms with E-state index in [1.165, 1.54) is 0 Å². The van der Waals surface area contributed by atoms with Gasteiger partial charge in [0, 0.05) is 15.1 Å². The van der Waals surface area contributed by atoms with Crippen molar-refractivity contribution in [1.29, 1.82) is 0 Å². The summed E-state index contributed by atoms with van der Waals surface area (Å²) in [6, 6.07) is 1.87. The van der Waals surface area contributed by atoms with E-state index in [0.29, 0.717) is 17.4 Å². The zero-order valence-electron chi connectivity index (χ0n) is 9.24. The number of aromatic nitrogens is 3. The molecule has 0 aliphatic carbocycles. The van der Waals surface area contributed by atoms with Crippen molar-refractivity contribution < 1.29 is 4.52 Å². The van der Waals surface area contributed by atoms with Crippen LogP contribution >= 0.6 is 31.9 Å². The van der Waals surface area contributed by atoms with Gasteiger partial charge in [-0.15, -0.1) is 0 Å². The fourth-order valence-corrected chi connectivity index (χ4v) is 2.33. The molecule has 0 aromatic carbocycles. The quantitative estimate of drug-likeness (QED) is 0.889. The molecule has 17 heavy (non-hydrogen) atoms. The fraction of sp³-hybridized carbons (Fsp3) is 0.300. The first-order valence-electron chi connectivity index (χ1n) is 4.82. The zero-order chi connectivity index (χ0) is 12.6. The number of hydrogen-bond donors (Lipinski definition) is 1. The lowest BCUT2D eigenvalue weighted by Crippen LogP contribution is -2.28. The molecule has 2 aromatic rings. The molecule has 0 saturated carbocycles. The molecule has 2 rings (SSSR count). The summed E-state index contributed by atoms with van der Waals surface area (Å²) in [5, 5.41) is 3.87. The van der Waals surface area contributed by atoms with E-state index in [0.717, 1.165) is 8.95 Å². The van der Waals surface area contributed by atoms with Crippen molar-refractivity contribution in [1.82, 2.24) is 15.1 Å². The minimum atomic E-state index is -0.660. The molecular weight excluding hydrogens is 352 g/mol. The van der Waals surface area contributed by atoms with Crippen LogP contribution in [0.1, 0.15) is 19.7 Å². The van der Waals surface area contributed by atoms with E-state index in [2.05, 4.69) is 47.0 Å². The van der Waals surface area contributed by atoms with Crippen LogP contribution in [0.5, 0.6) is 0 Å². The lowest BCUT2D eigenvalue weighted by Gasteiger charge is -2.10. The molecule has 0 unspecified atom stereocenters. The van der Waals surface area contributed by atoms with E-state index in [-0.39, 0.29) is 0 Å². The maximum Gasteiger partial charge on any atom is 0.246 e. The Morgan fingerprint density at radius 3 is 2.59 bits per heavy atom. The average Bonchev–Trinajstić information content (AvgIpc) is 2.65. The second-order valence-corrected chi connectivity index (χ2v) is 5.90. The van der Waals surface area contributed by atoms with E-state index >= 15 is 0 Å². The summed E-state index contributed by atoms with van der Waals surface area (Å²) in [4.78, 5) is 8.46. The van der Waals surface area contributed by atoms with Gasteiger partial charge in [0.25, 0.3) is 0 Å². The summed E-state index contributed by atoms with van der Waals surface area (Å²) in [5.74, 6) is 0.794. The third-order valence-corrected chi connectivity index (χ3v) is 3.04. The van der Waals surface area contributed by atoms with Gasteiger partial charge in [-0.1, -0.05) is 5.16 Å². The lowest BCUT2D eigenvalue weighted by molar-refractivity contribution is 0.312. The Labute approximate surface area is 115 Å². The molecule has 0 fully saturated rings. The Hall–Kier alpha value is -0.790. The van der Waals surface area contributed by atoms with Crippen molar-refractivity contribution in [3.8, 4) is 11.5 Å². The number of rotatable bonds is 2. The first kappa shape index (κ1) is 12.7. The summed E-state index contributed by atoms with van der Waals surface area (Å²) in [7, 11) is 0. The highest BCUT2D eigenvalue weighted by atomic mass is 79.9. The van der Waals surface area contributed by atoms with Crippen molar-refractivity contribution in [2.24, 2.45) is 5.73 Å². The molecule has 2 N–H and O–H groups in total. The van der Waals surface area contributed by atoms with Crippen LogP contribution in [0, 0.1) is 0 Å². The van der Waals surface area contributed by atoms with Crippen LogP contribution in [-0.4, -0.2) is 15.1 Å². The van der Waals surface area contributed by atoms with E-state index in [4.69, 9.17) is 10.3 Å². The number of nitrogens with two attached hydrogens (primary N) is 1. The summed E-state index contributed by atoms with van der Waals surface area (Å²) < 4.78 is 6.77. The molecule has 5 nitrogen and oxygen atoms in total. The van der Waals surface area contributed by atoms with E-state index in [9.17, 15) is 0 Å². The van der Waals surface area contributed by atoms with Gasteiger partial charge in [0.2, 0.25) is 11.7 Å². The van der Waals surface area contributed by atoms with Crippen LogP contribution < -0.4 is 5.73 Å². The van der Waals surface area contributed by atoms with Crippen LogP contribution in [0.15, 0.2) is 25.7 Å². The van der Waals surface area contributed by atoms with Crippen LogP contribution in [0.4, 0.5) is 0 Å². The first-order valence-corrected chi connectivity index (χ1v) is 6.41. The van der Waals surface area contributed by atoms with E-state index in [1.807, 2.05) is 6.07 Å². The predicted octanol–water partition coefficient (Wildman–Crippen LogP) is 2.85. The molecule has 0 aliphatic heterocycles. The Kier molecular flexibility index (Phi) is 3.33. The first-order chi connectivity index (χ1) is 7.88. The molecular formula is C10H10Br2N4O. The highest BCUT2D eigenvalue weighted by molar-refractivity contribution is 9.11. The third kappa shape index (κ3) is 2.72. The standard InChI is InChI=1S/C10H10Br2N4O/c1-10(2,13)9-15-8(16-17-9)7-6(12)3-5(11)4-14-7/h3-4H,13H2,1-2H3. The summed E-state index contributed by atoms with van der Waals surface area (Å²) in [5.41, 5.74) is 5.83. The lowest BCUT2D eigenvalue weighted by atomic mass is 10.1. The molecule has 7 heteroatoms. The van der Waals surface area contributed by atoms with Crippen molar-refractivity contribution in [3.05, 3.63) is 27.1 Å². The Morgan fingerprint density at radius 1 is 1.35 bits per heavy atom. The highest BCUT2D eigenvalue weighted by Crippen LogP contribution is 2.27. The van der Waals surface area contributed by atoms with Gasteiger partial charge in [0.05, 0.1) is 5.54 Å². The summed E-state index contributed by atoms with van der Waals surface area (Å²) in [6.45, 7) is 3.60. The molecule has 0 bridgehead atoms. The minimum absolute atomic E-state index is 0.379. The van der Waals surface area contributed by atoms with Gasteiger partial charge < -0.3 is 10.3 Å². The van der Waals surface area contributed by atoms with Crippen LogP contribution in [0.3, 0.4) is 0 Å². The predicted molar refractivity (Wildman–Crippen MR) is 70.1 cm³/mol. The monoisotopic (exact) mass is 360 g/mol. The van der Waals surface area contributed by atoms with Gasteiger partial charge >= 0.3 is 0 Å². The molecule has 90 valence electrons. The second-order valence-electron chi connectivity index (χ2n) is 4.13. The van der Waals surface area contributed by atoms with Crippen molar-refractivity contribution in [3.63, 3.8) is 0 Å². The van der Waals surface area contributed by atoms with Gasteiger partial charge in [0.15, 0.2) is 0 Å². The molecule has 0 amide bonds. The Morgan fingerprint density at radius 2 is 2.06 bits per heavy atom. The van der Waals surface area contributed by atoms with Gasteiger partial charge in [0.1, 0.15) is 5.69 Å². The summed E-state index contributed by atoms with van der Waals surface area (Å²) >= 11 is 6.73. The molecule has 2 heterocycles. The van der Waals surface area contributed by atoms with Crippen molar-refractivity contribution >= 4 is 31.9 Å². The average molecular weight is 362 g/mol. The summed E-state index contributed by atoms with van der Waals surface area (Å²) in [6.07, 6.45) is 1.67. The molecule has 0 spiro atoms.